The summed E-state index contributed by atoms with van der Waals surface area (Å²) < 4.78 is 11.2. The molecule has 1 fully saturated rings. The lowest BCUT2D eigenvalue weighted by atomic mass is 10.0. The van der Waals surface area contributed by atoms with Crippen LogP contribution >= 0.6 is 15.9 Å². The average molecular weight is 358 g/mol. The largest absolute Gasteiger partial charge is 0.496 e. The molecule has 0 radical (unpaired) electrons. The quantitative estimate of drug-likeness (QED) is 0.886. The van der Waals surface area contributed by atoms with Gasteiger partial charge in [0.2, 0.25) is 0 Å². The molecule has 0 aliphatic carbocycles. The van der Waals surface area contributed by atoms with Crippen molar-refractivity contribution in [3.05, 3.63) is 28.2 Å². The predicted molar refractivity (Wildman–Crippen MR) is 78.5 cm³/mol. The van der Waals surface area contributed by atoms with Crippen molar-refractivity contribution in [2.45, 2.75) is 6.04 Å². The van der Waals surface area contributed by atoms with Crippen molar-refractivity contribution in [3.8, 4) is 5.75 Å². The molecule has 0 bridgehead atoms. The Morgan fingerprint density at radius 3 is 2.76 bits per heavy atom. The smallest absolute Gasteiger partial charge is 0.311 e. The molecule has 1 heterocycles. The van der Waals surface area contributed by atoms with E-state index in [0.717, 1.165) is 4.47 Å². The van der Waals surface area contributed by atoms with Crippen LogP contribution in [0.2, 0.25) is 0 Å². The zero-order valence-electron chi connectivity index (χ0n) is 11.7. The van der Waals surface area contributed by atoms with Crippen LogP contribution in [0.5, 0.6) is 5.75 Å². The van der Waals surface area contributed by atoms with E-state index in [9.17, 15) is 14.7 Å². The second-order valence-corrected chi connectivity index (χ2v) is 5.73. The summed E-state index contributed by atoms with van der Waals surface area (Å²) in [5, 5.41) is 9.17. The van der Waals surface area contributed by atoms with Gasteiger partial charge >= 0.3 is 5.97 Å². The molecule has 2 atom stereocenters. The van der Waals surface area contributed by atoms with E-state index in [0.29, 0.717) is 11.3 Å². The van der Waals surface area contributed by atoms with Crippen molar-refractivity contribution in [1.29, 1.82) is 0 Å². The summed E-state index contributed by atoms with van der Waals surface area (Å²) in [6, 6.07) is 4.60. The molecule has 0 spiro atoms. The Bertz CT molecular complexity index is 562. The van der Waals surface area contributed by atoms with Gasteiger partial charge in [0.05, 0.1) is 31.9 Å². The number of carboxylic acids is 1. The summed E-state index contributed by atoms with van der Waals surface area (Å²) in [5.41, 5.74) is 0.388. The number of hydrogen-bond donors (Lipinski definition) is 1. The molecule has 2 rings (SSSR count). The molecule has 21 heavy (non-hydrogen) atoms. The zero-order valence-corrected chi connectivity index (χ0v) is 13.3. The third-order valence-electron chi connectivity index (χ3n) is 3.58. The van der Waals surface area contributed by atoms with E-state index in [1.54, 1.807) is 25.2 Å². The van der Waals surface area contributed by atoms with E-state index in [-0.39, 0.29) is 19.1 Å². The van der Waals surface area contributed by atoms with Crippen molar-refractivity contribution in [2.24, 2.45) is 5.92 Å². The first kappa shape index (κ1) is 15.8. The van der Waals surface area contributed by atoms with Gasteiger partial charge in [0.15, 0.2) is 0 Å². The van der Waals surface area contributed by atoms with Crippen LogP contribution in [0.25, 0.3) is 0 Å². The number of halogens is 1. The Kier molecular flexibility index (Phi) is 4.84. The van der Waals surface area contributed by atoms with Crippen molar-refractivity contribution < 1.29 is 24.2 Å². The van der Waals surface area contributed by atoms with Crippen molar-refractivity contribution in [1.82, 2.24) is 4.90 Å². The summed E-state index contributed by atoms with van der Waals surface area (Å²) in [6.45, 7) is 0.340. The number of rotatable bonds is 4. The first-order chi connectivity index (χ1) is 9.95. The molecule has 1 saturated heterocycles. The minimum atomic E-state index is -0.958. The molecule has 114 valence electrons. The maximum Gasteiger partial charge on any atom is 0.311 e. The predicted octanol–water partition coefficient (Wildman–Crippen LogP) is 1.63. The summed E-state index contributed by atoms with van der Waals surface area (Å²) in [6.07, 6.45) is 0. The van der Waals surface area contributed by atoms with Gasteiger partial charge in [0.1, 0.15) is 11.7 Å². The second-order valence-electron chi connectivity index (χ2n) is 4.81. The lowest BCUT2D eigenvalue weighted by molar-refractivity contribution is -0.142. The number of methoxy groups -OCH3 is 1. The molecule has 0 saturated carbocycles. The molecule has 0 aromatic heterocycles. The maximum atomic E-state index is 12.6. The molecule has 6 nitrogen and oxygen atoms in total. The average Bonchev–Trinajstić information content (AvgIpc) is 2.95. The molecule has 1 aromatic rings. The van der Waals surface area contributed by atoms with Crippen LogP contribution in [0, 0.1) is 5.92 Å². The fourth-order valence-corrected chi connectivity index (χ4v) is 2.68. The molecule has 1 aliphatic rings. The third kappa shape index (κ3) is 3.19. The van der Waals surface area contributed by atoms with E-state index in [2.05, 4.69) is 15.9 Å². The van der Waals surface area contributed by atoms with Gasteiger partial charge in [-0.2, -0.15) is 0 Å². The fourth-order valence-electron chi connectivity index (χ4n) is 2.34. The molecule has 1 aromatic carbocycles. The highest BCUT2D eigenvalue weighted by Crippen LogP contribution is 2.27. The van der Waals surface area contributed by atoms with E-state index in [1.807, 2.05) is 0 Å². The van der Waals surface area contributed by atoms with Crippen molar-refractivity contribution >= 4 is 27.8 Å². The number of carbonyl (C=O) groups is 2. The van der Waals surface area contributed by atoms with Crippen LogP contribution in [0.3, 0.4) is 0 Å². The minimum absolute atomic E-state index is 0.120. The number of benzene rings is 1. The SMILES string of the molecule is COc1cc(Br)ccc1C(=O)N(C)C1COCC1C(=O)O. The Morgan fingerprint density at radius 1 is 1.43 bits per heavy atom. The standard InChI is InChI=1S/C14H16BrNO5/c1-16(11-7-21-6-10(11)14(18)19)13(17)9-4-3-8(15)5-12(9)20-2/h3-5,10-11H,6-7H2,1-2H3,(H,18,19). The summed E-state index contributed by atoms with van der Waals surface area (Å²) in [5.74, 6) is -1.52. The molecular formula is C14H16BrNO5. The van der Waals surface area contributed by atoms with Crippen LogP contribution < -0.4 is 4.74 Å². The van der Waals surface area contributed by atoms with Gasteiger partial charge in [-0.3, -0.25) is 9.59 Å². The van der Waals surface area contributed by atoms with Crippen LogP contribution in [0.15, 0.2) is 22.7 Å². The normalized spacial score (nSPS) is 21.1. The topological polar surface area (TPSA) is 76.1 Å². The van der Waals surface area contributed by atoms with Gasteiger partial charge in [-0.1, -0.05) is 15.9 Å². The van der Waals surface area contributed by atoms with E-state index in [4.69, 9.17) is 9.47 Å². The lowest BCUT2D eigenvalue weighted by Gasteiger charge is -2.27. The molecule has 1 amide bonds. The highest BCUT2D eigenvalue weighted by atomic mass is 79.9. The highest BCUT2D eigenvalue weighted by Gasteiger charge is 2.39. The number of aliphatic carboxylic acids is 1. The van der Waals surface area contributed by atoms with Gasteiger partial charge in [0.25, 0.3) is 5.91 Å². The van der Waals surface area contributed by atoms with Crippen LogP contribution in [-0.2, 0) is 9.53 Å². The Balaban J connectivity index is 2.25. The summed E-state index contributed by atoms with van der Waals surface area (Å²) in [4.78, 5) is 25.2. The van der Waals surface area contributed by atoms with Crippen molar-refractivity contribution in [3.63, 3.8) is 0 Å². The van der Waals surface area contributed by atoms with Crippen LogP contribution in [0.1, 0.15) is 10.4 Å². The maximum absolute atomic E-state index is 12.6. The van der Waals surface area contributed by atoms with Gasteiger partial charge in [-0.15, -0.1) is 0 Å². The Labute approximate surface area is 130 Å². The van der Waals surface area contributed by atoms with Crippen molar-refractivity contribution in [2.75, 3.05) is 27.4 Å². The van der Waals surface area contributed by atoms with Gasteiger partial charge in [0, 0.05) is 11.5 Å². The number of carboxylic acid groups (broad SMARTS) is 1. The van der Waals surface area contributed by atoms with E-state index < -0.39 is 17.9 Å². The number of carbonyl (C=O) groups excluding carboxylic acids is 1. The minimum Gasteiger partial charge on any atom is -0.496 e. The number of hydrogen-bond acceptors (Lipinski definition) is 4. The molecule has 7 heteroatoms. The Morgan fingerprint density at radius 2 is 2.14 bits per heavy atom. The third-order valence-corrected chi connectivity index (χ3v) is 4.07. The molecule has 1 aliphatic heterocycles. The summed E-state index contributed by atoms with van der Waals surface area (Å²) >= 11 is 3.32. The second kappa shape index (κ2) is 6.44. The fraction of sp³-hybridized carbons (Fsp3) is 0.429. The van der Waals surface area contributed by atoms with Crippen LogP contribution in [-0.4, -0.2) is 55.3 Å². The molecule has 2 unspecified atom stereocenters. The van der Waals surface area contributed by atoms with E-state index >= 15 is 0 Å². The van der Waals surface area contributed by atoms with Gasteiger partial charge < -0.3 is 19.5 Å². The number of likely N-dealkylation sites (N-methyl/N-ethyl adjacent to an activating group) is 1. The highest BCUT2D eigenvalue weighted by molar-refractivity contribution is 9.10. The van der Waals surface area contributed by atoms with Gasteiger partial charge in [-0.25, -0.2) is 0 Å². The first-order valence-electron chi connectivity index (χ1n) is 6.37. The van der Waals surface area contributed by atoms with E-state index in [1.165, 1.54) is 12.0 Å². The summed E-state index contributed by atoms with van der Waals surface area (Å²) in [7, 11) is 3.07. The zero-order chi connectivity index (χ0) is 15.6. The lowest BCUT2D eigenvalue weighted by Crippen LogP contribution is -2.44. The monoisotopic (exact) mass is 357 g/mol. The van der Waals surface area contributed by atoms with Crippen LogP contribution in [0.4, 0.5) is 0 Å². The molecule has 1 N–H and O–H groups in total. The number of ether oxygens (including phenoxy) is 2. The molecular weight excluding hydrogens is 342 g/mol. The Hall–Kier alpha value is -1.60. The first-order valence-corrected chi connectivity index (χ1v) is 7.16. The number of nitrogens with zero attached hydrogens (tertiary/aromatic N) is 1. The number of amides is 1. The van der Waals surface area contributed by atoms with Gasteiger partial charge in [-0.05, 0) is 18.2 Å².